The molecule has 0 aliphatic heterocycles. The van der Waals surface area contributed by atoms with E-state index in [0.29, 0.717) is 0 Å². The van der Waals surface area contributed by atoms with Crippen LogP contribution in [0.15, 0.2) is 97.1 Å². The zero-order chi connectivity index (χ0) is 36.6. The van der Waals surface area contributed by atoms with Gasteiger partial charge in [-0.3, -0.25) is 19.2 Å². The average Bonchev–Trinajstić information content (AvgIpc) is 3.12. The standard InChI is InChI=1S/C17H14F2O3.C8H7ClO2.C8H7F2NO.CH2O3.ClH.Na.H2O/c18-13-6-7-15(19)14(10-13)16(20)8-9-17(21)22-11-12-4-2-1-3-5-12;9-8(10)11-6-7-4-2-1-3-5-7;9-5-1-2-7(10)6(3-5)8(12)4-11;2-1-4-3;;;/h1-7,10H,8-9,11H2;1-5H,6H2;1-3H,4,11H2;1,3H;1H;;1H2/q;;;;;+1;/p-1. The van der Waals surface area contributed by atoms with Gasteiger partial charge in [-0.1, -0.05) is 60.7 Å². The van der Waals surface area contributed by atoms with Gasteiger partial charge in [0.25, 0.3) is 6.47 Å². The number of quaternary nitrogens is 1. The molecule has 18 heteroatoms. The summed E-state index contributed by atoms with van der Waals surface area (Å²) in [7, 11) is 0. The van der Waals surface area contributed by atoms with Gasteiger partial charge in [-0.2, -0.15) is 0 Å². The van der Waals surface area contributed by atoms with Crippen molar-refractivity contribution in [2.24, 2.45) is 0 Å². The van der Waals surface area contributed by atoms with Crippen LogP contribution in [-0.4, -0.2) is 41.5 Å². The Kier molecular flexibility index (Phi) is 30.5. The SMILES string of the molecule is O.O=C(CCC(=O)c1cc(F)ccc1F)OCc1ccccc1.O=C(Cl)OCc1ccccc1.O=CO[O-].[Cl-].[NH3+]CC(=O)c1cc(F)ccc1F.[Na+]. The Morgan fingerprint density at radius 3 is 1.48 bits per heavy atom. The second kappa shape index (κ2) is 30.4. The summed E-state index contributed by atoms with van der Waals surface area (Å²) in [5.41, 5.74) is 3.71. The molecule has 0 saturated carbocycles. The monoisotopic (exact) mass is 783 g/mol. The quantitative estimate of drug-likeness (QED) is 0.0268. The molecule has 0 spiro atoms. The molecule has 0 radical (unpaired) electrons. The summed E-state index contributed by atoms with van der Waals surface area (Å²) in [5.74, 6) is -4.51. The van der Waals surface area contributed by atoms with Crippen molar-refractivity contribution in [2.75, 3.05) is 6.54 Å². The van der Waals surface area contributed by atoms with Crippen LogP contribution in [0.2, 0.25) is 0 Å². The van der Waals surface area contributed by atoms with Crippen molar-refractivity contribution < 1.29 is 114 Å². The molecule has 0 aliphatic rings. The number of hydrogen-bond acceptors (Lipinski definition) is 9. The zero-order valence-corrected chi connectivity index (χ0v) is 31.0. The molecule has 0 unspecified atom stereocenters. The summed E-state index contributed by atoms with van der Waals surface area (Å²) in [4.78, 5) is 55.7. The van der Waals surface area contributed by atoms with Crippen LogP contribution in [0.4, 0.5) is 22.4 Å². The van der Waals surface area contributed by atoms with Gasteiger partial charge < -0.3 is 43.2 Å². The van der Waals surface area contributed by atoms with Crippen LogP contribution in [0.3, 0.4) is 0 Å². The van der Waals surface area contributed by atoms with Crippen molar-refractivity contribution in [3.63, 3.8) is 0 Å². The molecule has 4 aromatic rings. The molecule has 5 N–H and O–H groups in total. The largest absolute Gasteiger partial charge is 1.00 e. The fourth-order valence-electron chi connectivity index (χ4n) is 3.43. The summed E-state index contributed by atoms with van der Waals surface area (Å²) >= 11 is 4.97. The Labute approximate surface area is 328 Å². The first-order chi connectivity index (χ1) is 23.4. The van der Waals surface area contributed by atoms with E-state index in [2.05, 4.69) is 15.4 Å². The molecule has 0 atom stereocenters. The number of hydrogen-bond donors (Lipinski definition) is 1. The van der Waals surface area contributed by atoms with Gasteiger partial charge in [0.2, 0.25) is 5.78 Å². The minimum absolute atomic E-state index is 0. The van der Waals surface area contributed by atoms with Gasteiger partial charge in [-0.25, -0.2) is 22.4 Å². The zero-order valence-electron chi connectivity index (χ0n) is 27.5. The molecule has 276 valence electrons. The Bertz CT molecular complexity index is 1660. The first kappa shape index (κ1) is 52.2. The van der Waals surface area contributed by atoms with Crippen LogP contribution in [0.1, 0.15) is 44.7 Å². The maximum atomic E-state index is 13.4. The molecule has 4 rings (SSSR count). The molecule has 0 heterocycles. The van der Waals surface area contributed by atoms with Crippen LogP contribution in [0.25, 0.3) is 0 Å². The van der Waals surface area contributed by atoms with E-state index >= 15 is 0 Å². The number of carbonyl (C=O) groups is 5. The molecule has 0 aliphatic carbocycles. The number of ketones is 2. The number of benzene rings is 4. The third-order valence-electron chi connectivity index (χ3n) is 5.72. The van der Waals surface area contributed by atoms with E-state index in [1.54, 1.807) is 12.1 Å². The first-order valence-electron chi connectivity index (χ1n) is 14.0. The van der Waals surface area contributed by atoms with Crippen molar-refractivity contribution in [2.45, 2.75) is 26.1 Å². The van der Waals surface area contributed by atoms with Gasteiger partial charge in [-0.15, -0.1) is 0 Å². The second-order valence-corrected chi connectivity index (χ2v) is 9.50. The van der Waals surface area contributed by atoms with E-state index in [4.69, 9.17) is 26.4 Å². The van der Waals surface area contributed by atoms with E-state index < -0.39 is 46.2 Å². The molecule has 0 fully saturated rings. The van der Waals surface area contributed by atoms with Crippen LogP contribution < -0.4 is 53.0 Å². The number of carbonyl (C=O) groups excluding carboxylic acids is 5. The van der Waals surface area contributed by atoms with Gasteiger partial charge in [0.1, 0.15) is 43.0 Å². The van der Waals surface area contributed by atoms with Gasteiger partial charge in [0.15, 0.2) is 5.78 Å². The Hall–Kier alpha value is -4.19. The van der Waals surface area contributed by atoms with Crippen LogP contribution in [0.5, 0.6) is 0 Å². The van der Waals surface area contributed by atoms with E-state index in [1.807, 2.05) is 48.5 Å². The maximum absolute atomic E-state index is 13.4. The summed E-state index contributed by atoms with van der Waals surface area (Å²) in [6, 6.07) is 23.9. The third-order valence-corrected chi connectivity index (χ3v) is 5.83. The number of halogens is 6. The number of Topliss-reactive ketones (excluding diaryl/α,β-unsaturated/α-hetero) is 2. The molecule has 0 saturated heterocycles. The van der Waals surface area contributed by atoms with Crippen LogP contribution >= 0.6 is 11.6 Å². The van der Waals surface area contributed by atoms with Crippen molar-refractivity contribution in [1.82, 2.24) is 0 Å². The van der Waals surface area contributed by atoms with Crippen LogP contribution in [-0.2, 0) is 37.2 Å². The summed E-state index contributed by atoms with van der Waals surface area (Å²) in [5, 5.41) is 8.43. The van der Waals surface area contributed by atoms with E-state index in [1.165, 1.54) is 0 Å². The van der Waals surface area contributed by atoms with Gasteiger partial charge in [0.05, 0.1) is 17.5 Å². The summed E-state index contributed by atoms with van der Waals surface area (Å²) < 4.78 is 61.3. The van der Waals surface area contributed by atoms with Crippen molar-refractivity contribution in [3.05, 3.63) is 143 Å². The minimum Gasteiger partial charge on any atom is -1.00 e. The van der Waals surface area contributed by atoms with Gasteiger partial charge >= 0.3 is 41.0 Å². The smallest absolute Gasteiger partial charge is 1.00 e. The normalized spacial score (nSPS) is 8.98. The number of esters is 1. The number of ether oxygens (including phenoxy) is 2. The summed E-state index contributed by atoms with van der Waals surface area (Å²) in [6.07, 6.45) is -0.407. The van der Waals surface area contributed by atoms with Crippen molar-refractivity contribution >= 4 is 41.0 Å². The fourth-order valence-corrected chi connectivity index (χ4v) is 3.49. The van der Waals surface area contributed by atoms with E-state index in [-0.39, 0.29) is 97.6 Å². The predicted octanol–water partition coefficient (Wildman–Crippen LogP) is -1.76. The Balaban J connectivity index is -0.000000685. The third kappa shape index (κ3) is 22.6. The predicted molar refractivity (Wildman–Crippen MR) is 168 cm³/mol. The van der Waals surface area contributed by atoms with Gasteiger partial charge in [0, 0.05) is 18.0 Å². The maximum Gasteiger partial charge on any atom is 1.00 e. The molecule has 4 aromatic carbocycles. The number of rotatable bonds is 11. The Morgan fingerprint density at radius 1 is 0.692 bits per heavy atom. The molecular weight excluding hydrogens is 752 g/mol. The van der Waals surface area contributed by atoms with Gasteiger partial charge in [-0.05, 0) is 47.5 Å². The fraction of sp³-hybridized carbons (Fsp3) is 0.147. The van der Waals surface area contributed by atoms with E-state index in [9.17, 15) is 36.7 Å². The molecule has 11 nitrogen and oxygen atoms in total. The molecule has 0 amide bonds. The van der Waals surface area contributed by atoms with E-state index in [0.717, 1.165) is 47.5 Å². The Morgan fingerprint density at radius 2 is 1.10 bits per heavy atom. The van der Waals surface area contributed by atoms with Crippen molar-refractivity contribution in [1.29, 1.82) is 0 Å². The topological polar surface area (TPSA) is 195 Å². The first-order valence-corrected chi connectivity index (χ1v) is 14.3. The molecule has 0 aromatic heterocycles. The molecule has 52 heavy (non-hydrogen) atoms. The summed E-state index contributed by atoms with van der Waals surface area (Å²) in [6.45, 7) is 0.103. The average molecular weight is 785 g/mol. The minimum atomic E-state index is -0.802. The van der Waals surface area contributed by atoms with Crippen molar-refractivity contribution in [3.8, 4) is 0 Å². The molecular formula is C34H32Cl2F4NNaO10. The second-order valence-electron chi connectivity index (χ2n) is 9.20. The molecule has 0 bridgehead atoms. The van der Waals surface area contributed by atoms with Crippen LogP contribution in [0, 0.1) is 23.3 Å².